The zero-order valence-corrected chi connectivity index (χ0v) is 15.3. The summed E-state index contributed by atoms with van der Waals surface area (Å²) in [5, 5.41) is 5.88. The van der Waals surface area contributed by atoms with Gasteiger partial charge in [0.05, 0.1) is 0 Å². The quantitative estimate of drug-likeness (QED) is 0.842. The maximum absolute atomic E-state index is 12.4. The number of hydrogen-bond donors (Lipinski definition) is 2. The number of carbonyl (C=O) groups is 2. The molecule has 1 unspecified atom stereocenters. The Hall–Kier alpha value is -2.62. The molecule has 4 heteroatoms. The van der Waals surface area contributed by atoms with Crippen LogP contribution in [0.4, 0.5) is 0 Å². The fourth-order valence-corrected chi connectivity index (χ4v) is 2.49. The van der Waals surface area contributed by atoms with Gasteiger partial charge in [-0.3, -0.25) is 9.59 Å². The van der Waals surface area contributed by atoms with Crippen LogP contribution in [0.25, 0.3) is 0 Å². The first-order chi connectivity index (χ1) is 11.9. The Balaban J connectivity index is 2.03. The number of nitrogens with one attached hydrogen (secondary N) is 2. The van der Waals surface area contributed by atoms with E-state index in [2.05, 4.69) is 10.6 Å². The molecule has 0 heterocycles. The summed E-state index contributed by atoms with van der Waals surface area (Å²) < 4.78 is 0. The third kappa shape index (κ3) is 5.18. The molecule has 1 atom stereocenters. The highest BCUT2D eigenvalue weighted by Gasteiger charge is 2.11. The minimum Gasteiger partial charge on any atom is -0.350 e. The van der Waals surface area contributed by atoms with Crippen LogP contribution in [0, 0.1) is 13.8 Å². The van der Waals surface area contributed by atoms with E-state index >= 15 is 0 Å². The molecule has 2 amide bonds. The Morgan fingerprint density at radius 1 is 1.04 bits per heavy atom. The first kappa shape index (κ1) is 18.7. The van der Waals surface area contributed by atoms with Crippen molar-refractivity contribution in [3.8, 4) is 0 Å². The van der Waals surface area contributed by atoms with Gasteiger partial charge < -0.3 is 10.6 Å². The lowest BCUT2D eigenvalue weighted by Crippen LogP contribution is -2.32. The van der Waals surface area contributed by atoms with Gasteiger partial charge >= 0.3 is 0 Å². The molecule has 0 fully saturated rings. The van der Waals surface area contributed by atoms with Crippen molar-refractivity contribution >= 4 is 11.8 Å². The Kier molecular flexibility index (Phi) is 6.34. The molecule has 0 aliphatic heterocycles. The fraction of sp³-hybridized carbons (Fsp3) is 0.333. The molecular formula is C21H26N2O2. The highest BCUT2D eigenvalue weighted by Crippen LogP contribution is 2.11. The molecule has 4 nitrogen and oxygen atoms in total. The minimum absolute atomic E-state index is 0.0861. The Morgan fingerprint density at radius 3 is 2.52 bits per heavy atom. The van der Waals surface area contributed by atoms with Gasteiger partial charge in [0.15, 0.2) is 0 Å². The summed E-state index contributed by atoms with van der Waals surface area (Å²) in [6.45, 7) is 8.29. The summed E-state index contributed by atoms with van der Waals surface area (Å²) >= 11 is 0. The molecule has 2 N–H and O–H groups in total. The largest absolute Gasteiger partial charge is 0.350 e. The Morgan fingerprint density at radius 2 is 1.80 bits per heavy atom. The van der Waals surface area contributed by atoms with Gasteiger partial charge in [-0.1, -0.05) is 36.8 Å². The second-order valence-corrected chi connectivity index (χ2v) is 6.48. The maximum Gasteiger partial charge on any atom is 0.251 e. The summed E-state index contributed by atoms with van der Waals surface area (Å²) in [5.41, 5.74) is 4.20. The van der Waals surface area contributed by atoms with Gasteiger partial charge in [-0.15, -0.1) is 0 Å². The van der Waals surface area contributed by atoms with E-state index in [1.54, 1.807) is 6.07 Å². The minimum atomic E-state index is -0.101. The Labute approximate surface area is 149 Å². The first-order valence-electron chi connectivity index (χ1n) is 8.66. The molecule has 0 spiro atoms. The second-order valence-electron chi connectivity index (χ2n) is 6.48. The third-order valence-electron chi connectivity index (χ3n) is 4.27. The first-order valence-corrected chi connectivity index (χ1v) is 8.66. The van der Waals surface area contributed by atoms with E-state index in [0.29, 0.717) is 17.7 Å². The van der Waals surface area contributed by atoms with E-state index < -0.39 is 0 Å². The molecule has 0 saturated carbocycles. The van der Waals surface area contributed by atoms with Crippen LogP contribution in [-0.4, -0.2) is 17.9 Å². The lowest BCUT2D eigenvalue weighted by molar-refractivity contribution is 0.0936. The van der Waals surface area contributed by atoms with Crippen molar-refractivity contribution in [2.75, 3.05) is 0 Å². The molecule has 0 radical (unpaired) electrons. The van der Waals surface area contributed by atoms with Gasteiger partial charge in [0.1, 0.15) is 0 Å². The van der Waals surface area contributed by atoms with Crippen molar-refractivity contribution in [3.05, 3.63) is 70.3 Å². The average molecular weight is 338 g/mol. The van der Waals surface area contributed by atoms with Crippen LogP contribution in [0.3, 0.4) is 0 Å². The van der Waals surface area contributed by atoms with Gasteiger partial charge in [-0.25, -0.2) is 0 Å². The Bertz CT molecular complexity index is 768. The zero-order valence-electron chi connectivity index (χ0n) is 15.3. The van der Waals surface area contributed by atoms with Gasteiger partial charge in [0.2, 0.25) is 0 Å². The van der Waals surface area contributed by atoms with Crippen molar-refractivity contribution in [3.63, 3.8) is 0 Å². The molecule has 0 aliphatic rings. The number of hydrogen-bond acceptors (Lipinski definition) is 2. The van der Waals surface area contributed by atoms with Crippen LogP contribution >= 0.6 is 0 Å². The molecule has 2 aromatic rings. The number of amides is 2. The summed E-state index contributed by atoms with van der Waals surface area (Å²) in [6.07, 6.45) is 0.886. The van der Waals surface area contributed by atoms with E-state index in [4.69, 9.17) is 0 Å². The number of aryl methyl sites for hydroxylation is 2. The maximum atomic E-state index is 12.4. The highest BCUT2D eigenvalue weighted by molar-refractivity contribution is 5.96. The molecule has 0 aromatic heterocycles. The van der Waals surface area contributed by atoms with Crippen molar-refractivity contribution in [1.29, 1.82) is 0 Å². The van der Waals surface area contributed by atoms with Crippen LogP contribution < -0.4 is 10.6 Å². The predicted molar refractivity (Wildman–Crippen MR) is 101 cm³/mol. The van der Waals surface area contributed by atoms with Crippen molar-refractivity contribution in [2.24, 2.45) is 0 Å². The van der Waals surface area contributed by atoms with E-state index in [9.17, 15) is 9.59 Å². The second kappa shape index (κ2) is 8.47. The monoisotopic (exact) mass is 338 g/mol. The molecule has 132 valence electrons. The van der Waals surface area contributed by atoms with Crippen molar-refractivity contribution < 1.29 is 9.59 Å². The zero-order chi connectivity index (χ0) is 18.4. The van der Waals surface area contributed by atoms with Gasteiger partial charge in [0.25, 0.3) is 11.8 Å². The molecule has 0 aliphatic carbocycles. The van der Waals surface area contributed by atoms with Crippen LogP contribution in [0.5, 0.6) is 0 Å². The lowest BCUT2D eigenvalue weighted by atomic mass is 10.0. The summed E-state index contributed by atoms with van der Waals surface area (Å²) in [6, 6.07) is 13.3. The van der Waals surface area contributed by atoms with E-state index in [1.165, 1.54) is 0 Å². The normalized spacial score (nSPS) is 11.7. The summed E-state index contributed by atoms with van der Waals surface area (Å²) in [5.74, 6) is -0.187. The highest BCUT2D eigenvalue weighted by atomic mass is 16.2. The number of rotatable bonds is 6. The van der Waals surface area contributed by atoms with Gasteiger partial charge in [-0.2, -0.15) is 0 Å². The van der Waals surface area contributed by atoms with Crippen molar-refractivity contribution in [1.82, 2.24) is 10.6 Å². The van der Waals surface area contributed by atoms with E-state index in [0.717, 1.165) is 23.1 Å². The van der Waals surface area contributed by atoms with Crippen LogP contribution in [0.15, 0.2) is 42.5 Å². The van der Waals surface area contributed by atoms with E-state index in [1.807, 2.05) is 64.1 Å². The molecular weight excluding hydrogens is 312 g/mol. The molecule has 2 aromatic carbocycles. The standard InChI is InChI=1S/C21H26N2O2/c1-5-16(4)23-20(24)18-8-6-7-17(12-18)13-22-21(25)19-11-14(2)9-10-15(19)3/h6-12,16H,5,13H2,1-4H3,(H,22,25)(H,23,24). The van der Waals surface area contributed by atoms with Crippen LogP contribution in [-0.2, 0) is 6.54 Å². The number of benzene rings is 2. The molecule has 0 bridgehead atoms. The van der Waals surface area contributed by atoms with Crippen molar-refractivity contribution in [2.45, 2.75) is 46.7 Å². The SMILES string of the molecule is CCC(C)NC(=O)c1cccc(CNC(=O)c2cc(C)ccc2C)c1. The lowest BCUT2D eigenvalue weighted by Gasteiger charge is -2.12. The van der Waals surface area contributed by atoms with Gasteiger partial charge in [0, 0.05) is 23.7 Å². The summed E-state index contributed by atoms with van der Waals surface area (Å²) in [4.78, 5) is 24.6. The topological polar surface area (TPSA) is 58.2 Å². The van der Waals surface area contributed by atoms with Crippen LogP contribution in [0.2, 0.25) is 0 Å². The third-order valence-corrected chi connectivity index (χ3v) is 4.27. The number of carbonyl (C=O) groups excluding carboxylic acids is 2. The van der Waals surface area contributed by atoms with E-state index in [-0.39, 0.29) is 17.9 Å². The smallest absolute Gasteiger partial charge is 0.251 e. The predicted octanol–water partition coefficient (Wildman–Crippen LogP) is 3.76. The average Bonchev–Trinajstić information content (AvgIpc) is 2.61. The molecule has 25 heavy (non-hydrogen) atoms. The fourth-order valence-electron chi connectivity index (χ4n) is 2.49. The van der Waals surface area contributed by atoms with Crippen LogP contribution in [0.1, 0.15) is 57.7 Å². The summed E-state index contributed by atoms with van der Waals surface area (Å²) in [7, 11) is 0. The molecule has 0 saturated heterocycles. The van der Waals surface area contributed by atoms with Gasteiger partial charge in [-0.05, 0) is 56.5 Å². The molecule has 2 rings (SSSR count).